The fraction of sp³-hybridized carbons (Fsp3) is 0.217. The molecule has 33 heavy (non-hydrogen) atoms. The zero-order valence-corrected chi connectivity index (χ0v) is 17.0. The number of anilines is 1. The Labute approximate surface area is 185 Å². The van der Waals surface area contributed by atoms with Crippen molar-refractivity contribution < 1.29 is 22.8 Å². The van der Waals surface area contributed by atoms with Crippen LogP contribution in [0.15, 0.2) is 42.6 Å². The summed E-state index contributed by atoms with van der Waals surface area (Å²) >= 11 is 0. The molecule has 1 aliphatic carbocycles. The van der Waals surface area contributed by atoms with Crippen LogP contribution >= 0.6 is 0 Å². The third-order valence-electron chi connectivity index (χ3n) is 5.90. The van der Waals surface area contributed by atoms with E-state index in [0.717, 1.165) is 6.20 Å². The summed E-state index contributed by atoms with van der Waals surface area (Å²) in [5.41, 5.74) is 0.891. The van der Waals surface area contributed by atoms with Gasteiger partial charge in [-0.1, -0.05) is 12.1 Å². The van der Waals surface area contributed by atoms with E-state index in [1.54, 1.807) is 24.3 Å². The van der Waals surface area contributed by atoms with E-state index in [1.165, 1.54) is 10.7 Å². The van der Waals surface area contributed by atoms with Gasteiger partial charge in [-0.2, -0.15) is 10.4 Å². The van der Waals surface area contributed by atoms with Crippen molar-refractivity contribution in [3.05, 3.63) is 82.4 Å². The maximum atomic E-state index is 14.5. The molecule has 2 N–H and O–H groups in total. The summed E-state index contributed by atoms with van der Waals surface area (Å²) in [6.07, 6.45) is 1.51. The second-order valence-electron chi connectivity index (χ2n) is 8.13. The predicted molar refractivity (Wildman–Crippen MR) is 110 cm³/mol. The van der Waals surface area contributed by atoms with Crippen molar-refractivity contribution in [1.82, 2.24) is 15.1 Å². The molecule has 1 saturated carbocycles. The molecular weight excluding hydrogens is 435 g/mol. The van der Waals surface area contributed by atoms with E-state index in [0.29, 0.717) is 29.2 Å². The van der Waals surface area contributed by atoms with Crippen LogP contribution in [0.3, 0.4) is 0 Å². The molecule has 10 heteroatoms. The zero-order chi connectivity index (χ0) is 23.3. The lowest BCUT2D eigenvalue weighted by Gasteiger charge is -2.16. The van der Waals surface area contributed by atoms with Crippen LogP contribution < -0.4 is 10.6 Å². The van der Waals surface area contributed by atoms with Gasteiger partial charge in [-0.3, -0.25) is 14.3 Å². The fourth-order valence-electron chi connectivity index (χ4n) is 4.29. The number of nitrogens with zero attached hydrogens (tertiary/aromatic N) is 3. The summed E-state index contributed by atoms with van der Waals surface area (Å²) in [5, 5.41) is 17.9. The maximum Gasteiger partial charge on any atom is 0.275 e. The van der Waals surface area contributed by atoms with Gasteiger partial charge in [0.2, 0.25) is 5.91 Å². The van der Waals surface area contributed by atoms with Gasteiger partial charge < -0.3 is 10.6 Å². The highest BCUT2D eigenvalue weighted by molar-refractivity contribution is 6.02. The molecule has 0 spiro atoms. The van der Waals surface area contributed by atoms with Gasteiger partial charge in [0.05, 0.1) is 30.1 Å². The van der Waals surface area contributed by atoms with Gasteiger partial charge in [-0.15, -0.1) is 0 Å². The molecule has 3 atom stereocenters. The van der Waals surface area contributed by atoms with Crippen LogP contribution in [0.25, 0.3) is 0 Å². The van der Waals surface area contributed by atoms with Gasteiger partial charge in [0.15, 0.2) is 11.5 Å². The third-order valence-corrected chi connectivity index (χ3v) is 5.90. The van der Waals surface area contributed by atoms with Crippen molar-refractivity contribution in [2.75, 3.05) is 5.32 Å². The average molecular weight is 451 g/mol. The maximum absolute atomic E-state index is 14.5. The normalized spacial score (nSPS) is 20.7. The SMILES string of the molecule is N#Cc1cccc(Cn2cc(F)c(C(=O)NC3C(=O)Nc4c(F)cc(F)cc4C4CC34)n2)c1. The summed E-state index contributed by atoms with van der Waals surface area (Å²) in [5.74, 6) is -4.72. The molecule has 166 valence electrons. The molecule has 2 amide bonds. The molecule has 0 radical (unpaired) electrons. The van der Waals surface area contributed by atoms with Crippen LogP contribution in [-0.4, -0.2) is 27.6 Å². The first-order chi connectivity index (χ1) is 15.8. The number of amides is 2. The number of halogens is 3. The monoisotopic (exact) mass is 451 g/mol. The number of nitrogens with one attached hydrogen (secondary N) is 2. The third kappa shape index (κ3) is 3.82. The minimum atomic E-state index is -1.05. The number of hydrogen-bond donors (Lipinski definition) is 2. The highest BCUT2D eigenvalue weighted by atomic mass is 19.1. The summed E-state index contributed by atoms with van der Waals surface area (Å²) in [4.78, 5) is 25.4. The van der Waals surface area contributed by atoms with Crippen molar-refractivity contribution in [1.29, 1.82) is 5.26 Å². The number of nitriles is 1. The number of carbonyl (C=O) groups excluding carboxylic acids is 2. The molecule has 3 unspecified atom stereocenters. The Morgan fingerprint density at radius 2 is 2.06 bits per heavy atom. The first-order valence-corrected chi connectivity index (χ1v) is 10.2. The lowest BCUT2D eigenvalue weighted by molar-refractivity contribution is -0.118. The molecule has 3 aromatic rings. The van der Waals surface area contributed by atoms with E-state index in [-0.39, 0.29) is 24.1 Å². The molecule has 1 fully saturated rings. The van der Waals surface area contributed by atoms with Crippen LogP contribution in [0.1, 0.15) is 39.5 Å². The number of hydrogen-bond acceptors (Lipinski definition) is 4. The zero-order valence-electron chi connectivity index (χ0n) is 17.0. The summed E-state index contributed by atoms with van der Waals surface area (Å²) in [6.45, 7) is 0.133. The Hall–Kier alpha value is -4.13. The van der Waals surface area contributed by atoms with Crippen molar-refractivity contribution in [3.8, 4) is 6.07 Å². The predicted octanol–water partition coefficient (Wildman–Crippen LogP) is 3.07. The lowest BCUT2D eigenvalue weighted by Crippen LogP contribution is -2.45. The fourth-order valence-corrected chi connectivity index (χ4v) is 4.29. The van der Waals surface area contributed by atoms with Crippen molar-refractivity contribution in [2.24, 2.45) is 5.92 Å². The molecule has 2 aliphatic rings. The second kappa shape index (κ2) is 7.78. The number of rotatable bonds is 4. The highest BCUT2D eigenvalue weighted by Gasteiger charge is 2.51. The summed E-state index contributed by atoms with van der Waals surface area (Å²) < 4.78 is 43.5. The van der Waals surface area contributed by atoms with Crippen LogP contribution in [0.4, 0.5) is 18.9 Å². The molecule has 7 nitrogen and oxygen atoms in total. The quantitative estimate of drug-likeness (QED) is 0.637. The lowest BCUT2D eigenvalue weighted by atomic mass is 10.1. The Bertz CT molecular complexity index is 1350. The topological polar surface area (TPSA) is 99.8 Å². The Morgan fingerprint density at radius 3 is 2.85 bits per heavy atom. The number of aromatic nitrogens is 2. The number of carbonyl (C=O) groups is 2. The first-order valence-electron chi connectivity index (χ1n) is 10.2. The smallest absolute Gasteiger partial charge is 0.275 e. The van der Waals surface area contributed by atoms with E-state index in [1.807, 2.05) is 6.07 Å². The van der Waals surface area contributed by atoms with Gasteiger partial charge in [0.25, 0.3) is 5.91 Å². The molecular formula is C23H16F3N5O2. The van der Waals surface area contributed by atoms with Gasteiger partial charge >= 0.3 is 0 Å². The highest BCUT2D eigenvalue weighted by Crippen LogP contribution is 2.54. The largest absolute Gasteiger partial charge is 0.338 e. The number of benzene rings is 2. The van der Waals surface area contributed by atoms with Crippen LogP contribution in [0.5, 0.6) is 0 Å². The van der Waals surface area contributed by atoms with Crippen LogP contribution in [-0.2, 0) is 11.3 Å². The van der Waals surface area contributed by atoms with E-state index < -0.39 is 41.0 Å². The van der Waals surface area contributed by atoms with Crippen molar-refractivity contribution in [2.45, 2.75) is 24.9 Å². The van der Waals surface area contributed by atoms with Gasteiger partial charge in [-0.25, -0.2) is 13.2 Å². The molecule has 2 aromatic carbocycles. The van der Waals surface area contributed by atoms with Gasteiger partial charge in [0, 0.05) is 6.07 Å². The number of fused-ring (bicyclic) bond motifs is 3. The molecule has 5 rings (SSSR count). The standard InChI is InChI=1S/C23H16F3N5O2/c24-13-5-15-14-7-16(14)20(22(32)28-19(15)17(25)6-13)29-23(33)21-18(26)10-31(30-21)9-12-3-1-2-11(4-12)8-27/h1-6,10,14,16,20H,7,9H2,(H,28,32)(H,29,33). The molecule has 1 aromatic heterocycles. The Kier molecular flexibility index (Phi) is 4.89. The van der Waals surface area contributed by atoms with E-state index in [2.05, 4.69) is 15.7 Å². The molecule has 2 heterocycles. The summed E-state index contributed by atoms with van der Waals surface area (Å²) in [6, 6.07) is 9.51. The van der Waals surface area contributed by atoms with E-state index >= 15 is 0 Å². The molecule has 0 bridgehead atoms. The van der Waals surface area contributed by atoms with E-state index in [9.17, 15) is 22.8 Å². The minimum absolute atomic E-state index is 0.0966. The summed E-state index contributed by atoms with van der Waals surface area (Å²) in [7, 11) is 0. The van der Waals surface area contributed by atoms with Crippen LogP contribution in [0, 0.1) is 34.7 Å². The Balaban J connectivity index is 1.34. The minimum Gasteiger partial charge on any atom is -0.338 e. The van der Waals surface area contributed by atoms with Gasteiger partial charge in [-0.05, 0) is 47.6 Å². The van der Waals surface area contributed by atoms with Crippen LogP contribution in [0.2, 0.25) is 0 Å². The Morgan fingerprint density at radius 1 is 1.24 bits per heavy atom. The van der Waals surface area contributed by atoms with Crippen molar-refractivity contribution >= 4 is 17.5 Å². The first kappa shape index (κ1) is 20.8. The molecule has 0 saturated heterocycles. The second-order valence-corrected chi connectivity index (χ2v) is 8.13. The average Bonchev–Trinajstić information content (AvgIpc) is 3.49. The van der Waals surface area contributed by atoms with E-state index in [4.69, 9.17) is 5.26 Å². The molecule has 1 aliphatic heterocycles. The van der Waals surface area contributed by atoms with Gasteiger partial charge in [0.1, 0.15) is 17.7 Å². The van der Waals surface area contributed by atoms with Crippen molar-refractivity contribution in [3.63, 3.8) is 0 Å².